The molecule has 0 saturated carbocycles. The molecule has 7 nitrogen and oxygen atoms in total. The van der Waals surface area contributed by atoms with Gasteiger partial charge in [-0.25, -0.2) is 0 Å². The number of ether oxygens (including phenoxy) is 2. The Labute approximate surface area is 262 Å². The number of hydrogen-bond acceptors (Lipinski definition) is 5. The summed E-state index contributed by atoms with van der Waals surface area (Å²) in [6.45, 7) is 11.6. The number of methoxy groups -OCH3 is 1. The minimum atomic E-state index is -0.741. The van der Waals surface area contributed by atoms with E-state index >= 15 is 0 Å². The number of rotatable bonds is 16. The standard InChI is InChI=1S/C37H49N3O4/c1-28-11-6-9-14-35(28)44-27-32(41)25-39(20-10-22-43-5)26-36(42)40(24-29-15-17-31(18-16-29)37(2,3)4)21-19-30-23-38-34-13-8-7-12-33(30)34/h6-9,11-18,23,32,38,41H,10,19-22,24-27H2,1-5H3/t32-/m1/s1. The number of aromatic nitrogens is 1. The van der Waals surface area contributed by atoms with Crippen LogP contribution in [-0.4, -0.2) is 78.4 Å². The number of aliphatic hydroxyl groups is 1. The normalized spacial score (nSPS) is 12.5. The number of nitrogens with one attached hydrogen (secondary N) is 1. The van der Waals surface area contributed by atoms with Gasteiger partial charge in [-0.05, 0) is 59.6 Å². The van der Waals surface area contributed by atoms with Gasteiger partial charge in [0.2, 0.25) is 5.91 Å². The zero-order chi connectivity index (χ0) is 31.5. The van der Waals surface area contributed by atoms with Crippen LogP contribution in [0.5, 0.6) is 5.75 Å². The summed E-state index contributed by atoms with van der Waals surface area (Å²) in [4.78, 5) is 21.3. The monoisotopic (exact) mass is 599 g/mol. The van der Waals surface area contributed by atoms with Crippen molar-refractivity contribution in [2.24, 2.45) is 0 Å². The number of H-pyrrole nitrogens is 1. The van der Waals surface area contributed by atoms with E-state index < -0.39 is 6.10 Å². The Morgan fingerprint density at radius 3 is 2.43 bits per heavy atom. The van der Waals surface area contributed by atoms with Crippen molar-refractivity contribution in [3.63, 3.8) is 0 Å². The SMILES string of the molecule is COCCCN(CC(=O)N(CCc1c[nH]c2ccccc12)Cc1ccc(C(C)(C)C)cc1)C[C@@H](O)COc1ccccc1C. The van der Waals surface area contributed by atoms with Gasteiger partial charge in [-0.2, -0.15) is 0 Å². The van der Waals surface area contributed by atoms with Crippen LogP contribution in [0.25, 0.3) is 10.9 Å². The molecule has 0 saturated heterocycles. The van der Waals surface area contributed by atoms with Crippen LogP contribution in [0.15, 0.2) is 79.0 Å². The number of hydrogen-bond donors (Lipinski definition) is 2. The largest absolute Gasteiger partial charge is 0.491 e. The van der Waals surface area contributed by atoms with E-state index in [1.807, 2.05) is 59.3 Å². The summed E-state index contributed by atoms with van der Waals surface area (Å²) >= 11 is 0. The molecular formula is C37H49N3O4. The molecule has 4 aromatic rings. The first-order valence-corrected chi connectivity index (χ1v) is 15.6. The summed E-state index contributed by atoms with van der Waals surface area (Å²) in [5.74, 6) is 0.795. The number of fused-ring (bicyclic) bond motifs is 1. The van der Waals surface area contributed by atoms with Gasteiger partial charge in [0.25, 0.3) is 0 Å². The van der Waals surface area contributed by atoms with Gasteiger partial charge in [0, 0.05) is 57.0 Å². The van der Waals surface area contributed by atoms with E-state index in [1.54, 1.807) is 7.11 Å². The Kier molecular flexibility index (Phi) is 12.0. The molecule has 0 unspecified atom stereocenters. The molecule has 1 heterocycles. The van der Waals surface area contributed by atoms with E-state index in [4.69, 9.17) is 9.47 Å². The van der Waals surface area contributed by atoms with Crippen LogP contribution in [0, 0.1) is 6.92 Å². The first kappa shape index (κ1) is 33.2. The fraction of sp³-hybridized carbons (Fsp3) is 0.432. The van der Waals surface area contributed by atoms with Crippen molar-refractivity contribution in [3.05, 3.63) is 101 Å². The molecule has 0 fully saturated rings. The Morgan fingerprint density at radius 2 is 1.70 bits per heavy atom. The number of nitrogens with zero attached hydrogens (tertiary/aromatic N) is 2. The predicted molar refractivity (Wildman–Crippen MR) is 178 cm³/mol. The number of aliphatic hydroxyl groups excluding tert-OH is 1. The van der Waals surface area contributed by atoms with E-state index in [0.717, 1.165) is 35.2 Å². The van der Waals surface area contributed by atoms with Crippen molar-refractivity contribution in [2.75, 3.05) is 46.5 Å². The summed E-state index contributed by atoms with van der Waals surface area (Å²) < 4.78 is 11.2. The molecule has 44 heavy (non-hydrogen) atoms. The third kappa shape index (κ3) is 9.68. The molecule has 0 aliphatic heterocycles. The molecule has 7 heteroatoms. The van der Waals surface area contributed by atoms with Gasteiger partial charge in [0.05, 0.1) is 6.54 Å². The summed E-state index contributed by atoms with van der Waals surface area (Å²) in [5, 5.41) is 12.1. The Balaban J connectivity index is 1.47. The number of para-hydroxylation sites is 2. The maximum atomic E-state index is 14.0. The molecule has 0 radical (unpaired) electrons. The van der Waals surface area contributed by atoms with Gasteiger partial charge >= 0.3 is 0 Å². The fourth-order valence-corrected chi connectivity index (χ4v) is 5.43. The number of aryl methyl sites for hydroxylation is 1. The smallest absolute Gasteiger partial charge is 0.237 e. The molecule has 4 rings (SSSR count). The van der Waals surface area contributed by atoms with Crippen LogP contribution < -0.4 is 4.74 Å². The van der Waals surface area contributed by atoms with E-state index in [9.17, 15) is 9.90 Å². The topological polar surface area (TPSA) is 78.0 Å². The number of benzene rings is 3. The zero-order valence-electron chi connectivity index (χ0n) is 27.0. The second-order valence-electron chi connectivity index (χ2n) is 12.7. The highest BCUT2D eigenvalue weighted by Gasteiger charge is 2.22. The van der Waals surface area contributed by atoms with Crippen molar-refractivity contribution in [1.29, 1.82) is 0 Å². The van der Waals surface area contributed by atoms with E-state index in [0.29, 0.717) is 32.8 Å². The van der Waals surface area contributed by atoms with Crippen LogP contribution in [0.4, 0.5) is 0 Å². The van der Waals surface area contributed by atoms with Crippen molar-refractivity contribution in [1.82, 2.24) is 14.8 Å². The summed E-state index contributed by atoms with van der Waals surface area (Å²) in [5.41, 5.74) is 5.75. The van der Waals surface area contributed by atoms with Crippen LogP contribution in [0.2, 0.25) is 0 Å². The lowest BCUT2D eigenvalue weighted by Gasteiger charge is -2.29. The number of amides is 1. The third-order valence-corrected chi connectivity index (χ3v) is 8.05. The van der Waals surface area contributed by atoms with Gasteiger partial charge < -0.3 is 24.5 Å². The van der Waals surface area contributed by atoms with Crippen LogP contribution in [-0.2, 0) is 27.9 Å². The van der Waals surface area contributed by atoms with Crippen molar-refractivity contribution >= 4 is 16.8 Å². The fourth-order valence-electron chi connectivity index (χ4n) is 5.43. The van der Waals surface area contributed by atoms with E-state index in [-0.39, 0.29) is 24.5 Å². The van der Waals surface area contributed by atoms with Crippen molar-refractivity contribution in [3.8, 4) is 5.75 Å². The average Bonchev–Trinajstić information content (AvgIpc) is 3.41. The molecule has 236 valence electrons. The lowest BCUT2D eigenvalue weighted by molar-refractivity contribution is -0.133. The summed E-state index contributed by atoms with van der Waals surface area (Å²) in [6.07, 6.45) is 2.81. The summed E-state index contributed by atoms with van der Waals surface area (Å²) in [6, 6.07) is 24.6. The van der Waals surface area contributed by atoms with E-state index in [1.165, 1.54) is 16.5 Å². The predicted octanol–water partition coefficient (Wildman–Crippen LogP) is 6.12. The molecule has 1 aromatic heterocycles. The van der Waals surface area contributed by atoms with Gasteiger partial charge in [-0.1, -0.05) is 81.4 Å². The Bertz CT molecular complexity index is 1460. The van der Waals surface area contributed by atoms with E-state index in [2.05, 4.69) is 62.2 Å². The highest BCUT2D eigenvalue weighted by Crippen LogP contribution is 2.23. The molecule has 0 aliphatic carbocycles. The molecule has 0 spiro atoms. The maximum absolute atomic E-state index is 14.0. The highest BCUT2D eigenvalue weighted by molar-refractivity contribution is 5.83. The Hall–Kier alpha value is -3.65. The number of aromatic amines is 1. The molecule has 1 amide bonds. The first-order valence-electron chi connectivity index (χ1n) is 15.6. The molecular weight excluding hydrogens is 550 g/mol. The van der Waals surface area contributed by atoms with Gasteiger partial charge in [-0.15, -0.1) is 0 Å². The average molecular weight is 600 g/mol. The van der Waals surface area contributed by atoms with Crippen molar-refractivity contribution < 1.29 is 19.4 Å². The molecule has 0 bridgehead atoms. The molecule has 1 atom stereocenters. The lowest BCUT2D eigenvalue weighted by Crippen LogP contribution is -2.44. The van der Waals surface area contributed by atoms with Gasteiger partial charge in [0.1, 0.15) is 18.5 Å². The van der Waals surface area contributed by atoms with Crippen LogP contribution in [0.3, 0.4) is 0 Å². The lowest BCUT2D eigenvalue weighted by atomic mass is 9.87. The summed E-state index contributed by atoms with van der Waals surface area (Å²) in [7, 11) is 1.68. The second kappa shape index (κ2) is 15.9. The molecule has 3 aromatic carbocycles. The quantitative estimate of drug-likeness (QED) is 0.152. The minimum absolute atomic E-state index is 0.0363. The molecule has 2 N–H and O–H groups in total. The van der Waals surface area contributed by atoms with Crippen molar-refractivity contribution in [2.45, 2.75) is 58.6 Å². The number of carbonyl (C=O) groups excluding carboxylic acids is 1. The van der Waals surface area contributed by atoms with Gasteiger partial charge in [0.15, 0.2) is 0 Å². The Morgan fingerprint density at radius 1 is 0.977 bits per heavy atom. The second-order valence-corrected chi connectivity index (χ2v) is 12.7. The molecule has 0 aliphatic rings. The minimum Gasteiger partial charge on any atom is -0.491 e. The third-order valence-electron chi connectivity index (χ3n) is 8.05. The highest BCUT2D eigenvalue weighted by atomic mass is 16.5. The number of carbonyl (C=O) groups is 1. The first-order chi connectivity index (χ1) is 21.1. The van der Waals surface area contributed by atoms with Gasteiger partial charge in [-0.3, -0.25) is 9.69 Å². The van der Waals surface area contributed by atoms with Crippen LogP contribution >= 0.6 is 0 Å². The maximum Gasteiger partial charge on any atom is 0.237 e. The zero-order valence-corrected chi connectivity index (χ0v) is 27.0. The van der Waals surface area contributed by atoms with Crippen LogP contribution in [0.1, 0.15) is 49.4 Å².